The number of pyridine rings is 3. The van der Waals surface area contributed by atoms with Gasteiger partial charge < -0.3 is 19.7 Å². The first-order chi connectivity index (χ1) is 15.2. The minimum absolute atomic E-state index is 0.175. The molecule has 0 spiro atoms. The summed E-state index contributed by atoms with van der Waals surface area (Å²) in [5, 5.41) is 3.61. The van der Waals surface area contributed by atoms with Gasteiger partial charge in [-0.25, -0.2) is 19.7 Å². The maximum atomic E-state index is 12.7. The summed E-state index contributed by atoms with van der Waals surface area (Å²) >= 11 is 3.39. The molecule has 0 radical (unpaired) electrons. The number of amides is 2. The van der Waals surface area contributed by atoms with Gasteiger partial charge in [0.15, 0.2) is 5.65 Å². The summed E-state index contributed by atoms with van der Waals surface area (Å²) in [7, 11) is 0. The zero-order valence-electron chi connectivity index (χ0n) is 17.8. The van der Waals surface area contributed by atoms with Crippen LogP contribution in [0.4, 0.5) is 10.6 Å². The summed E-state index contributed by atoms with van der Waals surface area (Å²) in [5.41, 5.74) is 0.165. The molecule has 4 heterocycles. The number of carbonyl (C=O) groups is 2. The third kappa shape index (κ3) is 5.13. The van der Waals surface area contributed by atoms with Crippen molar-refractivity contribution in [3.63, 3.8) is 0 Å². The van der Waals surface area contributed by atoms with E-state index in [1.54, 1.807) is 29.3 Å². The van der Waals surface area contributed by atoms with Gasteiger partial charge in [0.25, 0.3) is 5.91 Å². The fourth-order valence-electron chi connectivity index (χ4n) is 2.98. The van der Waals surface area contributed by atoms with Crippen LogP contribution in [-0.2, 0) is 4.74 Å². The maximum Gasteiger partial charge on any atom is 0.410 e. The predicted octanol–water partition coefficient (Wildman–Crippen LogP) is 4.04. The summed E-state index contributed by atoms with van der Waals surface area (Å²) in [5.74, 6) is 0.231. The molecule has 0 bridgehead atoms. The lowest BCUT2D eigenvalue weighted by Gasteiger charge is -2.39. The van der Waals surface area contributed by atoms with Gasteiger partial charge in [-0.2, -0.15) is 0 Å². The van der Waals surface area contributed by atoms with Crippen molar-refractivity contribution in [1.82, 2.24) is 19.9 Å². The van der Waals surface area contributed by atoms with Crippen molar-refractivity contribution in [2.75, 3.05) is 18.4 Å². The van der Waals surface area contributed by atoms with E-state index in [0.717, 1.165) is 5.39 Å². The lowest BCUT2D eigenvalue weighted by molar-refractivity contribution is -0.0234. The highest BCUT2D eigenvalue weighted by Gasteiger charge is 2.35. The Balaban J connectivity index is 1.39. The number of aromatic nitrogens is 3. The van der Waals surface area contributed by atoms with Crippen molar-refractivity contribution >= 4 is 44.8 Å². The molecule has 4 rings (SSSR count). The van der Waals surface area contributed by atoms with Crippen molar-refractivity contribution in [2.45, 2.75) is 32.5 Å². The Labute approximate surface area is 193 Å². The van der Waals surface area contributed by atoms with Crippen molar-refractivity contribution < 1.29 is 19.1 Å². The second-order valence-electron chi connectivity index (χ2n) is 8.31. The third-order valence-electron chi connectivity index (χ3n) is 4.53. The molecule has 1 N–H and O–H groups in total. The Kier molecular flexibility index (Phi) is 5.96. The van der Waals surface area contributed by atoms with E-state index in [0.29, 0.717) is 29.0 Å². The summed E-state index contributed by atoms with van der Waals surface area (Å²) < 4.78 is 11.8. The number of hydrogen-bond donors (Lipinski definition) is 1. The molecule has 0 atom stereocenters. The quantitative estimate of drug-likeness (QED) is 0.577. The number of ether oxygens (including phenoxy) is 2. The fraction of sp³-hybridized carbons (Fsp3) is 0.318. The van der Waals surface area contributed by atoms with E-state index in [-0.39, 0.29) is 23.8 Å². The number of hydrogen-bond acceptors (Lipinski definition) is 7. The zero-order valence-corrected chi connectivity index (χ0v) is 19.4. The first kappa shape index (κ1) is 21.9. The van der Waals surface area contributed by atoms with E-state index in [1.807, 2.05) is 39.0 Å². The number of fused-ring (bicyclic) bond motifs is 1. The first-order valence-corrected chi connectivity index (χ1v) is 10.8. The van der Waals surface area contributed by atoms with Gasteiger partial charge in [0.05, 0.1) is 17.6 Å². The topological polar surface area (TPSA) is 107 Å². The monoisotopic (exact) mass is 499 g/mol. The van der Waals surface area contributed by atoms with Crippen LogP contribution in [-0.4, -0.2) is 56.6 Å². The largest absolute Gasteiger partial charge is 0.470 e. The van der Waals surface area contributed by atoms with E-state index >= 15 is 0 Å². The van der Waals surface area contributed by atoms with Crippen LogP contribution in [0.15, 0.2) is 47.1 Å². The van der Waals surface area contributed by atoms with E-state index in [4.69, 9.17) is 9.47 Å². The van der Waals surface area contributed by atoms with Crippen LogP contribution in [0.25, 0.3) is 11.0 Å². The standard InChI is InChI=1S/C22H22BrN5O4/c1-22(2,3)32-21(30)28-11-14(12-28)31-20-15(23)7-8-16(25-20)19(29)27-17-9-6-13-5-4-10-24-18(13)26-17/h4-10,14H,11-12H2,1-3H3,(H,24,26,27,29). The highest BCUT2D eigenvalue weighted by Crippen LogP contribution is 2.27. The smallest absolute Gasteiger partial charge is 0.410 e. The SMILES string of the molecule is CC(C)(C)OC(=O)N1CC(Oc2nc(C(=O)Nc3ccc4cccnc4n3)ccc2Br)C1. The molecule has 0 aliphatic carbocycles. The van der Waals surface area contributed by atoms with Crippen molar-refractivity contribution in [3.05, 3.63) is 52.8 Å². The van der Waals surface area contributed by atoms with Gasteiger partial charge in [-0.15, -0.1) is 0 Å². The number of halogens is 1. The molecule has 0 aromatic carbocycles. The number of likely N-dealkylation sites (tertiary alicyclic amines) is 1. The third-order valence-corrected chi connectivity index (χ3v) is 5.13. The molecule has 166 valence electrons. The Hall–Kier alpha value is -3.27. The molecule has 1 aliphatic rings. The lowest BCUT2D eigenvalue weighted by atomic mass is 10.2. The Morgan fingerprint density at radius 3 is 2.66 bits per heavy atom. The van der Waals surface area contributed by atoms with Gasteiger partial charge in [0.1, 0.15) is 23.2 Å². The minimum atomic E-state index is -0.550. The molecule has 1 fully saturated rings. The van der Waals surface area contributed by atoms with Crippen molar-refractivity contribution in [2.24, 2.45) is 0 Å². The highest BCUT2D eigenvalue weighted by atomic mass is 79.9. The minimum Gasteiger partial charge on any atom is -0.470 e. The van der Waals surface area contributed by atoms with E-state index in [1.165, 1.54) is 0 Å². The molecular weight excluding hydrogens is 478 g/mol. The molecule has 2 amide bonds. The van der Waals surface area contributed by atoms with Gasteiger partial charge in [-0.3, -0.25) is 4.79 Å². The summed E-state index contributed by atoms with van der Waals surface area (Å²) in [6.07, 6.45) is 1.03. The molecule has 1 saturated heterocycles. The van der Waals surface area contributed by atoms with Crippen LogP contribution >= 0.6 is 15.9 Å². The molecule has 1 aliphatic heterocycles. The number of carbonyl (C=O) groups excluding carboxylic acids is 2. The first-order valence-electron chi connectivity index (χ1n) is 10.0. The lowest BCUT2D eigenvalue weighted by Crippen LogP contribution is -2.57. The second-order valence-corrected chi connectivity index (χ2v) is 9.16. The Morgan fingerprint density at radius 2 is 1.91 bits per heavy atom. The van der Waals surface area contributed by atoms with Crippen LogP contribution in [0.3, 0.4) is 0 Å². The molecule has 3 aromatic heterocycles. The van der Waals surface area contributed by atoms with E-state index in [2.05, 4.69) is 36.2 Å². The average molecular weight is 500 g/mol. The zero-order chi connectivity index (χ0) is 22.9. The second kappa shape index (κ2) is 8.70. The number of nitrogens with zero attached hydrogens (tertiary/aromatic N) is 4. The number of rotatable bonds is 4. The molecule has 3 aromatic rings. The fourth-order valence-corrected chi connectivity index (χ4v) is 3.30. The number of anilines is 1. The van der Waals surface area contributed by atoms with E-state index < -0.39 is 11.5 Å². The summed E-state index contributed by atoms with van der Waals surface area (Å²) in [6, 6.07) is 10.5. The Morgan fingerprint density at radius 1 is 1.12 bits per heavy atom. The highest BCUT2D eigenvalue weighted by molar-refractivity contribution is 9.10. The van der Waals surface area contributed by atoms with E-state index in [9.17, 15) is 9.59 Å². The molecule has 0 saturated carbocycles. The van der Waals surface area contributed by atoms with Crippen molar-refractivity contribution in [3.8, 4) is 5.88 Å². The molecule has 0 unspecified atom stereocenters. The Bertz CT molecular complexity index is 1170. The molecule has 9 nitrogen and oxygen atoms in total. The predicted molar refractivity (Wildman–Crippen MR) is 122 cm³/mol. The van der Waals surface area contributed by atoms with Crippen LogP contribution in [0.1, 0.15) is 31.3 Å². The van der Waals surface area contributed by atoms with Gasteiger partial charge in [0.2, 0.25) is 5.88 Å². The van der Waals surface area contributed by atoms with Crippen molar-refractivity contribution in [1.29, 1.82) is 0 Å². The van der Waals surface area contributed by atoms with Crippen LogP contribution in [0.5, 0.6) is 5.88 Å². The van der Waals surface area contributed by atoms with Gasteiger partial charge >= 0.3 is 6.09 Å². The molecular formula is C22H22BrN5O4. The summed E-state index contributed by atoms with van der Waals surface area (Å²) in [4.78, 5) is 39.2. The van der Waals surface area contributed by atoms with Crippen LogP contribution in [0, 0.1) is 0 Å². The number of nitrogens with one attached hydrogen (secondary N) is 1. The van der Waals surface area contributed by atoms with Crippen LogP contribution in [0.2, 0.25) is 0 Å². The average Bonchev–Trinajstić information content (AvgIpc) is 2.70. The van der Waals surface area contributed by atoms with Gasteiger partial charge in [-0.05, 0) is 73.1 Å². The normalized spacial score (nSPS) is 14.1. The molecule has 10 heteroatoms. The molecule has 32 heavy (non-hydrogen) atoms. The maximum absolute atomic E-state index is 12.7. The summed E-state index contributed by atoms with van der Waals surface area (Å²) in [6.45, 7) is 6.22. The van der Waals surface area contributed by atoms with Crippen LogP contribution < -0.4 is 10.1 Å². The van der Waals surface area contributed by atoms with Gasteiger partial charge in [0, 0.05) is 11.6 Å². The van der Waals surface area contributed by atoms with Gasteiger partial charge in [-0.1, -0.05) is 0 Å².